The fourth-order valence-corrected chi connectivity index (χ4v) is 2.72. The Balaban J connectivity index is 1.86. The molecule has 0 saturated carbocycles. The number of carbonyl (C=O) groups excluding carboxylic acids is 2. The number of H-pyrrole nitrogens is 1. The van der Waals surface area contributed by atoms with Crippen LogP contribution in [0.1, 0.15) is 33.5 Å². The van der Waals surface area contributed by atoms with E-state index in [1.54, 1.807) is 6.92 Å². The minimum absolute atomic E-state index is 0.218. The van der Waals surface area contributed by atoms with E-state index in [2.05, 4.69) is 25.8 Å². The lowest BCUT2D eigenvalue weighted by Gasteiger charge is -2.13. The van der Waals surface area contributed by atoms with Gasteiger partial charge in [0.25, 0.3) is 0 Å². The van der Waals surface area contributed by atoms with Gasteiger partial charge in [0, 0.05) is 5.41 Å². The van der Waals surface area contributed by atoms with E-state index in [4.69, 9.17) is 0 Å². The molecule has 0 bridgehead atoms. The van der Waals surface area contributed by atoms with Crippen LogP contribution in [0, 0.1) is 17.5 Å². The number of aromatic nitrogens is 3. The van der Waals surface area contributed by atoms with Gasteiger partial charge < -0.3 is 10.6 Å². The van der Waals surface area contributed by atoms with E-state index in [1.807, 2.05) is 20.8 Å². The van der Waals surface area contributed by atoms with Gasteiger partial charge in [-0.2, -0.15) is 0 Å². The lowest BCUT2D eigenvalue weighted by atomic mass is 9.96. The molecular formula is C17H20F3N5O2S. The Morgan fingerprint density at radius 2 is 1.89 bits per heavy atom. The summed E-state index contributed by atoms with van der Waals surface area (Å²) in [5.74, 6) is -5.14. The molecule has 0 aliphatic heterocycles. The van der Waals surface area contributed by atoms with E-state index in [-0.39, 0.29) is 5.41 Å². The van der Waals surface area contributed by atoms with Gasteiger partial charge >= 0.3 is 0 Å². The summed E-state index contributed by atoms with van der Waals surface area (Å²) in [6.07, 6.45) is 0. The molecule has 28 heavy (non-hydrogen) atoms. The number of nitrogens with one attached hydrogen (secondary N) is 3. The van der Waals surface area contributed by atoms with Crippen LogP contribution in [0.3, 0.4) is 0 Å². The zero-order valence-corrected chi connectivity index (χ0v) is 16.5. The van der Waals surface area contributed by atoms with E-state index in [0.29, 0.717) is 17.0 Å². The third-order valence-corrected chi connectivity index (χ3v) is 4.52. The molecule has 2 rings (SSSR count). The Morgan fingerprint density at radius 3 is 2.50 bits per heavy atom. The number of hydrogen-bond donors (Lipinski definition) is 3. The third kappa shape index (κ3) is 5.47. The van der Waals surface area contributed by atoms with Crippen molar-refractivity contribution in [2.75, 3.05) is 11.9 Å². The molecule has 1 atom stereocenters. The molecule has 3 N–H and O–H groups in total. The Morgan fingerprint density at radius 1 is 1.21 bits per heavy atom. The van der Waals surface area contributed by atoms with Gasteiger partial charge in [-0.25, -0.2) is 18.2 Å². The van der Waals surface area contributed by atoms with Gasteiger partial charge in [0.2, 0.25) is 17.0 Å². The second kappa shape index (κ2) is 8.63. The molecule has 152 valence electrons. The molecule has 0 saturated heterocycles. The average molecular weight is 415 g/mol. The Hall–Kier alpha value is -2.56. The average Bonchev–Trinajstić information content (AvgIpc) is 3.09. The summed E-state index contributed by atoms with van der Waals surface area (Å²) >= 11 is 1.10. The topological polar surface area (TPSA) is 99.8 Å². The van der Waals surface area contributed by atoms with Gasteiger partial charge in [-0.1, -0.05) is 32.5 Å². The normalized spacial score (nSPS) is 12.5. The van der Waals surface area contributed by atoms with Crippen LogP contribution >= 0.6 is 11.8 Å². The van der Waals surface area contributed by atoms with Crippen LogP contribution in [0.25, 0.3) is 0 Å². The van der Waals surface area contributed by atoms with Crippen molar-refractivity contribution >= 4 is 29.3 Å². The van der Waals surface area contributed by atoms with Crippen molar-refractivity contribution in [1.29, 1.82) is 0 Å². The summed E-state index contributed by atoms with van der Waals surface area (Å²) in [7, 11) is 0. The smallest absolute Gasteiger partial charge is 0.243 e. The number of halogens is 3. The minimum atomic E-state index is -1.69. The maximum absolute atomic E-state index is 13.5. The molecule has 1 aromatic carbocycles. The van der Waals surface area contributed by atoms with Crippen LogP contribution in [0.5, 0.6) is 0 Å². The molecule has 2 aromatic rings. The SMILES string of the molecule is C[C@H](Sc1n[nH]c(C(C)(C)C)n1)C(=O)NCC(=O)Nc1ccc(F)c(F)c1F. The Kier molecular flexibility index (Phi) is 6.70. The highest BCUT2D eigenvalue weighted by molar-refractivity contribution is 8.00. The number of thioether (sulfide) groups is 1. The Bertz CT molecular complexity index is 882. The number of benzene rings is 1. The number of amides is 2. The molecular weight excluding hydrogens is 395 g/mol. The number of nitrogens with zero attached hydrogens (tertiary/aromatic N) is 2. The number of carbonyl (C=O) groups is 2. The highest BCUT2D eigenvalue weighted by Crippen LogP contribution is 2.24. The molecule has 2 amide bonds. The summed E-state index contributed by atoms with van der Waals surface area (Å²) in [4.78, 5) is 28.2. The second-order valence-corrected chi connectivity index (χ2v) is 8.27. The van der Waals surface area contributed by atoms with Gasteiger partial charge in [-0.3, -0.25) is 14.7 Å². The van der Waals surface area contributed by atoms with Crippen molar-refractivity contribution in [1.82, 2.24) is 20.5 Å². The van der Waals surface area contributed by atoms with Crippen LogP contribution in [0.4, 0.5) is 18.9 Å². The molecule has 1 heterocycles. The first kappa shape index (κ1) is 21.7. The third-order valence-electron chi connectivity index (χ3n) is 3.56. The van der Waals surface area contributed by atoms with Gasteiger partial charge in [-0.15, -0.1) is 5.10 Å². The zero-order valence-electron chi connectivity index (χ0n) is 15.7. The molecule has 0 aliphatic carbocycles. The molecule has 0 radical (unpaired) electrons. The van der Waals surface area contributed by atoms with Crippen molar-refractivity contribution in [2.45, 2.75) is 43.5 Å². The van der Waals surface area contributed by atoms with Crippen LogP contribution < -0.4 is 10.6 Å². The van der Waals surface area contributed by atoms with E-state index in [0.717, 1.165) is 17.8 Å². The van der Waals surface area contributed by atoms with Crippen molar-refractivity contribution in [3.05, 3.63) is 35.4 Å². The van der Waals surface area contributed by atoms with Crippen molar-refractivity contribution in [3.63, 3.8) is 0 Å². The number of hydrogen-bond acceptors (Lipinski definition) is 5. The maximum Gasteiger partial charge on any atom is 0.243 e. The first-order valence-electron chi connectivity index (χ1n) is 8.29. The largest absolute Gasteiger partial charge is 0.346 e. The zero-order chi connectivity index (χ0) is 21.1. The first-order chi connectivity index (χ1) is 13.0. The Labute approximate surface area is 163 Å². The first-order valence-corrected chi connectivity index (χ1v) is 9.17. The molecule has 0 fully saturated rings. The number of rotatable bonds is 6. The van der Waals surface area contributed by atoms with Gasteiger partial charge in [0.15, 0.2) is 17.5 Å². The predicted molar refractivity (Wildman–Crippen MR) is 98.4 cm³/mol. The molecule has 1 aromatic heterocycles. The van der Waals surface area contributed by atoms with Crippen LogP contribution in [-0.4, -0.2) is 38.8 Å². The molecule has 0 aliphatic rings. The lowest BCUT2D eigenvalue weighted by Crippen LogP contribution is -2.37. The van der Waals surface area contributed by atoms with E-state index >= 15 is 0 Å². The lowest BCUT2D eigenvalue weighted by molar-refractivity contribution is -0.123. The number of anilines is 1. The van der Waals surface area contributed by atoms with Gasteiger partial charge in [0.05, 0.1) is 17.5 Å². The molecule has 7 nitrogen and oxygen atoms in total. The second-order valence-electron chi connectivity index (χ2n) is 6.97. The van der Waals surface area contributed by atoms with Crippen molar-refractivity contribution < 1.29 is 22.8 Å². The molecule has 0 unspecified atom stereocenters. The van der Waals surface area contributed by atoms with E-state index < -0.39 is 46.7 Å². The maximum atomic E-state index is 13.5. The summed E-state index contributed by atoms with van der Waals surface area (Å²) in [5, 5.41) is 11.1. The van der Waals surface area contributed by atoms with Crippen molar-refractivity contribution in [3.8, 4) is 0 Å². The van der Waals surface area contributed by atoms with E-state index in [9.17, 15) is 22.8 Å². The van der Waals surface area contributed by atoms with Crippen molar-refractivity contribution in [2.24, 2.45) is 0 Å². The number of aromatic amines is 1. The van der Waals surface area contributed by atoms with Gasteiger partial charge in [0.1, 0.15) is 5.82 Å². The van der Waals surface area contributed by atoms with Gasteiger partial charge in [-0.05, 0) is 19.1 Å². The predicted octanol–water partition coefficient (Wildman–Crippen LogP) is 2.76. The minimum Gasteiger partial charge on any atom is -0.346 e. The van der Waals surface area contributed by atoms with E-state index in [1.165, 1.54) is 0 Å². The highest BCUT2D eigenvalue weighted by atomic mass is 32.2. The molecule has 0 spiro atoms. The fourth-order valence-electron chi connectivity index (χ4n) is 1.97. The summed E-state index contributed by atoms with van der Waals surface area (Å²) in [6, 6.07) is 1.58. The molecule has 11 heteroatoms. The van der Waals surface area contributed by atoms with Crippen LogP contribution in [0.2, 0.25) is 0 Å². The van der Waals surface area contributed by atoms with Crippen LogP contribution in [0.15, 0.2) is 17.3 Å². The van der Waals surface area contributed by atoms with Crippen LogP contribution in [-0.2, 0) is 15.0 Å². The fraction of sp³-hybridized carbons (Fsp3) is 0.412. The summed E-state index contributed by atoms with van der Waals surface area (Å²) in [6.45, 7) is 7.04. The standard InChI is InChI=1S/C17H20F3N5O2S/c1-8(28-16-23-15(24-25-16)17(2,3)4)14(27)21-7-11(26)22-10-6-5-9(18)12(19)13(10)20/h5-6,8H,7H2,1-4H3,(H,21,27)(H,22,26)(H,23,24,25)/t8-/m0/s1. The summed E-state index contributed by atoms with van der Waals surface area (Å²) < 4.78 is 39.6. The quantitative estimate of drug-likeness (QED) is 0.498. The highest BCUT2D eigenvalue weighted by Gasteiger charge is 2.22. The monoisotopic (exact) mass is 415 g/mol. The summed E-state index contributed by atoms with van der Waals surface area (Å²) in [5.41, 5.74) is -0.735.